The van der Waals surface area contributed by atoms with Crippen LogP contribution in [0.1, 0.15) is 20.8 Å². The van der Waals surface area contributed by atoms with E-state index in [1.54, 1.807) is 0 Å². The quantitative estimate of drug-likeness (QED) is 0.539. The molecule has 0 saturated carbocycles. The van der Waals surface area contributed by atoms with E-state index in [2.05, 4.69) is 41.8 Å². The fourth-order valence-electron chi connectivity index (χ4n) is 0.796. The number of hydrogen-bond acceptors (Lipinski definition) is 2. The van der Waals surface area contributed by atoms with Crippen LogP contribution in [0.3, 0.4) is 0 Å². The Balaban J connectivity index is 2.61. The van der Waals surface area contributed by atoms with Crippen LogP contribution in [0.4, 0.5) is 0 Å². The SMILES string of the molecule is CC(C)(C)[C@H]1COC([Se])=N1. The summed E-state index contributed by atoms with van der Waals surface area (Å²) in [4.78, 5) is 5.01. The van der Waals surface area contributed by atoms with Crippen LogP contribution in [0.2, 0.25) is 0 Å². The zero-order valence-corrected chi connectivity index (χ0v) is 8.26. The molecule has 2 nitrogen and oxygen atoms in total. The third-order valence-electron chi connectivity index (χ3n) is 1.63. The number of hydrogen-bond donors (Lipinski definition) is 0. The maximum atomic E-state index is 5.19. The second-order valence-electron chi connectivity index (χ2n) is 3.59. The second-order valence-corrected chi connectivity index (χ2v) is 4.32. The first-order chi connectivity index (χ1) is 4.50. The molecule has 1 rings (SSSR count). The Kier molecular flexibility index (Phi) is 2.07. The molecule has 0 fully saturated rings. The van der Waals surface area contributed by atoms with Crippen LogP contribution < -0.4 is 0 Å². The van der Waals surface area contributed by atoms with Gasteiger partial charge in [-0.05, 0) is 0 Å². The van der Waals surface area contributed by atoms with Crippen molar-refractivity contribution in [3.05, 3.63) is 0 Å². The van der Waals surface area contributed by atoms with Crippen molar-refractivity contribution in [3.8, 4) is 0 Å². The van der Waals surface area contributed by atoms with E-state index in [0.717, 1.165) is 6.61 Å². The van der Waals surface area contributed by atoms with Crippen molar-refractivity contribution in [1.29, 1.82) is 0 Å². The van der Waals surface area contributed by atoms with Crippen LogP contribution in [0.5, 0.6) is 0 Å². The van der Waals surface area contributed by atoms with Gasteiger partial charge in [-0.25, -0.2) is 0 Å². The summed E-state index contributed by atoms with van der Waals surface area (Å²) in [5.74, 6) is 0. The summed E-state index contributed by atoms with van der Waals surface area (Å²) in [6, 6.07) is 0.323. The first-order valence-corrected chi connectivity index (χ1v) is 4.23. The fourth-order valence-corrected chi connectivity index (χ4v) is 1.21. The van der Waals surface area contributed by atoms with Gasteiger partial charge in [0.05, 0.1) is 0 Å². The Labute approximate surface area is 69.9 Å². The topological polar surface area (TPSA) is 21.6 Å². The number of nitrogens with zero attached hydrogens (tertiary/aromatic N) is 1. The third kappa shape index (κ3) is 1.74. The summed E-state index contributed by atoms with van der Waals surface area (Å²) in [5, 5.41) is 0. The summed E-state index contributed by atoms with van der Waals surface area (Å²) < 4.78 is 5.19. The van der Waals surface area contributed by atoms with Gasteiger partial charge in [0.15, 0.2) is 0 Å². The second kappa shape index (κ2) is 2.55. The minimum atomic E-state index is 0.228. The van der Waals surface area contributed by atoms with Crippen LogP contribution in [-0.4, -0.2) is 33.5 Å². The summed E-state index contributed by atoms with van der Waals surface area (Å²) >= 11 is 2.77. The Morgan fingerprint density at radius 3 is 2.40 bits per heavy atom. The van der Waals surface area contributed by atoms with Crippen molar-refractivity contribution in [2.75, 3.05) is 6.61 Å². The van der Waals surface area contributed by atoms with Gasteiger partial charge in [0.25, 0.3) is 0 Å². The monoisotopic (exact) mass is 206 g/mol. The third-order valence-corrected chi connectivity index (χ3v) is 2.09. The van der Waals surface area contributed by atoms with Gasteiger partial charge in [0, 0.05) is 0 Å². The Morgan fingerprint density at radius 1 is 1.60 bits per heavy atom. The van der Waals surface area contributed by atoms with Crippen molar-refractivity contribution in [2.45, 2.75) is 26.8 Å². The molecule has 0 aromatic heterocycles. The molecule has 0 amide bonds. The van der Waals surface area contributed by atoms with Crippen LogP contribution in [0.15, 0.2) is 4.99 Å². The predicted octanol–water partition coefficient (Wildman–Crippen LogP) is 0.956. The molecule has 0 aromatic carbocycles. The molecule has 0 spiro atoms. The van der Waals surface area contributed by atoms with E-state index < -0.39 is 0 Å². The van der Waals surface area contributed by atoms with E-state index in [-0.39, 0.29) is 5.41 Å². The molecular weight excluding hydrogens is 193 g/mol. The van der Waals surface area contributed by atoms with Gasteiger partial charge in [-0.1, -0.05) is 0 Å². The van der Waals surface area contributed by atoms with Crippen LogP contribution >= 0.6 is 0 Å². The Bertz CT molecular complexity index is 159. The van der Waals surface area contributed by atoms with Gasteiger partial charge in [-0.15, -0.1) is 0 Å². The molecule has 0 aliphatic carbocycles. The molecule has 1 aliphatic heterocycles. The molecule has 1 radical (unpaired) electrons. The molecule has 0 unspecified atom stereocenters. The van der Waals surface area contributed by atoms with E-state index in [0.29, 0.717) is 10.8 Å². The molecule has 0 aromatic rings. The summed E-state index contributed by atoms with van der Waals surface area (Å²) in [5.41, 5.74) is 0.228. The van der Waals surface area contributed by atoms with E-state index in [1.165, 1.54) is 0 Å². The molecule has 1 atom stereocenters. The van der Waals surface area contributed by atoms with E-state index in [1.807, 2.05) is 0 Å². The first kappa shape index (κ1) is 8.09. The van der Waals surface area contributed by atoms with E-state index >= 15 is 0 Å². The summed E-state index contributed by atoms with van der Waals surface area (Å²) in [7, 11) is 0. The van der Waals surface area contributed by atoms with Crippen LogP contribution in [-0.2, 0) is 4.74 Å². The Hall–Kier alpha value is -0.0105. The van der Waals surface area contributed by atoms with Crippen molar-refractivity contribution in [3.63, 3.8) is 0 Å². The molecular formula is C7H12NOSe. The van der Waals surface area contributed by atoms with E-state index in [9.17, 15) is 0 Å². The molecule has 57 valence electrons. The van der Waals surface area contributed by atoms with Crippen molar-refractivity contribution in [1.82, 2.24) is 0 Å². The molecule has 1 aliphatic rings. The van der Waals surface area contributed by atoms with Crippen LogP contribution in [0.25, 0.3) is 0 Å². The average Bonchev–Trinajstić information content (AvgIpc) is 2.11. The first-order valence-electron chi connectivity index (χ1n) is 3.38. The minimum absolute atomic E-state index is 0.228. The standard InChI is InChI=1S/C7H12NOSe/c1-7(2,3)5-4-9-6(10)8-5/h5H,4H2,1-3H3/t5-/m1/s1. The van der Waals surface area contributed by atoms with Crippen LogP contribution in [0, 0.1) is 5.41 Å². The Morgan fingerprint density at radius 2 is 2.20 bits per heavy atom. The van der Waals surface area contributed by atoms with Crippen molar-refractivity contribution >= 4 is 20.8 Å². The zero-order chi connectivity index (χ0) is 7.78. The van der Waals surface area contributed by atoms with Gasteiger partial charge >= 0.3 is 69.4 Å². The molecule has 0 N–H and O–H groups in total. The van der Waals surface area contributed by atoms with Gasteiger partial charge in [0.2, 0.25) is 0 Å². The maximum absolute atomic E-state index is 5.19. The zero-order valence-electron chi connectivity index (χ0n) is 6.55. The average molecular weight is 205 g/mol. The molecule has 10 heavy (non-hydrogen) atoms. The molecule has 3 heteroatoms. The van der Waals surface area contributed by atoms with E-state index in [4.69, 9.17) is 4.74 Å². The normalized spacial score (nSPS) is 25.9. The molecule has 0 bridgehead atoms. The number of ether oxygens (including phenoxy) is 1. The molecule has 1 heterocycles. The number of aliphatic imine (C=N–C) groups is 1. The van der Waals surface area contributed by atoms with Gasteiger partial charge in [-0.2, -0.15) is 0 Å². The predicted molar refractivity (Wildman–Crippen MR) is 42.4 cm³/mol. The molecule has 0 saturated heterocycles. The summed E-state index contributed by atoms with van der Waals surface area (Å²) in [6.07, 6.45) is 0. The number of rotatable bonds is 0. The fraction of sp³-hybridized carbons (Fsp3) is 0.857. The van der Waals surface area contributed by atoms with Gasteiger partial charge < -0.3 is 0 Å². The van der Waals surface area contributed by atoms with Gasteiger partial charge in [-0.3, -0.25) is 0 Å². The van der Waals surface area contributed by atoms with Crippen molar-refractivity contribution < 1.29 is 4.74 Å². The van der Waals surface area contributed by atoms with Gasteiger partial charge in [0.1, 0.15) is 0 Å². The van der Waals surface area contributed by atoms with Crippen molar-refractivity contribution in [2.24, 2.45) is 10.4 Å². The summed E-state index contributed by atoms with van der Waals surface area (Å²) in [6.45, 7) is 7.24.